The molecule has 0 spiro atoms. The molecule has 4 nitrogen and oxygen atoms in total. The smallest absolute Gasteiger partial charge is 0.155 e. The maximum atomic E-state index is 6.07. The molecule has 0 bridgehead atoms. The Kier molecular flexibility index (Phi) is 2.52. The van der Waals surface area contributed by atoms with Crippen molar-refractivity contribution in [3.8, 4) is 11.3 Å². The second-order valence-corrected chi connectivity index (χ2v) is 4.50. The molecule has 18 heavy (non-hydrogen) atoms. The Labute approximate surface area is 109 Å². The van der Waals surface area contributed by atoms with Crippen LogP contribution in [0.4, 0.5) is 0 Å². The summed E-state index contributed by atoms with van der Waals surface area (Å²) >= 11 is 6.07. The summed E-state index contributed by atoms with van der Waals surface area (Å²) in [6, 6.07) is 5.87. The fraction of sp³-hybridized carbons (Fsp3) is 0.154. The Balaban J connectivity index is 2.25. The molecule has 3 aromatic heterocycles. The Morgan fingerprint density at radius 1 is 1.22 bits per heavy atom. The minimum atomic E-state index is 0.427. The van der Waals surface area contributed by atoms with Crippen molar-refractivity contribution in [1.29, 1.82) is 0 Å². The van der Waals surface area contributed by atoms with E-state index in [4.69, 9.17) is 11.6 Å². The van der Waals surface area contributed by atoms with E-state index >= 15 is 0 Å². The molecule has 0 aliphatic heterocycles. The van der Waals surface area contributed by atoms with Crippen LogP contribution < -0.4 is 0 Å². The fourth-order valence-electron chi connectivity index (χ4n) is 1.91. The van der Waals surface area contributed by atoms with Gasteiger partial charge in [-0.25, -0.2) is 9.97 Å². The highest BCUT2D eigenvalue weighted by Gasteiger charge is 2.09. The van der Waals surface area contributed by atoms with E-state index in [1.54, 1.807) is 6.20 Å². The molecule has 0 unspecified atom stereocenters. The van der Waals surface area contributed by atoms with Gasteiger partial charge in [0.25, 0.3) is 0 Å². The summed E-state index contributed by atoms with van der Waals surface area (Å²) in [5.74, 6) is 0. The summed E-state index contributed by atoms with van der Waals surface area (Å²) in [5.41, 5.74) is 3.67. The first kappa shape index (κ1) is 11.2. The zero-order chi connectivity index (χ0) is 12.7. The molecule has 0 saturated carbocycles. The van der Waals surface area contributed by atoms with E-state index < -0.39 is 0 Å². The van der Waals surface area contributed by atoms with Crippen LogP contribution in [0.2, 0.25) is 5.15 Å². The van der Waals surface area contributed by atoms with E-state index in [0.29, 0.717) is 5.15 Å². The van der Waals surface area contributed by atoms with Crippen LogP contribution in [0.1, 0.15) is 5.69 Å². The first-order chi connectivity index (χ1) is 8.66. The highest BCUT2D eigenvalue weighted by atomic mass is 35.5. The topological polar surface area (TPSA) is 43.6 Å². The summed E-state index contributed by atoms with van der Waals surface area (Å²) in [4.78, 5) is 8.62. The molecule has 0 aliphatic carbocycles. The molecule has 0 aliphatic rings. The van der Waals surface area contributed by atoms with E-state index in [9.17, 15) is 0 Å². The van der Waals surface area contributed by atoms with E-state index in [1.807, 2.05) is 43.0 Å². The summed E-state index contributed by atoms with van der Waals surface area (Å²) in [7, 11) is 1.91. The molecule has 3 rings (SSSR count). The quantitative estimate of drug-likeness (QED) is 0.630. The molecule has 0 N–H and O–H groups in total. The first-order valence-corrected chi connectivity index (χ1v) is 5.95. The van der Waals surface area contributed by atoms with Gasteiger partial charge in [0.1, 0.15) is 5.52 Å². The third-order valence-electron chi connectivity index (χ3n) is 3.08. The average molecular weight is 259 g/mol. The van der Waals surface area contributed by atoms with Crippen molar-refractivity contribution in [3.05, 3.63) is 41.4 Å². The summed E-state index contributed by atoms with van der Waals surface area (Å²) in [5, 5.41) is 5.64. The number of rotatable bonds is 1. The lowest BCUT2D eigenvalue weighted by Crippen LogP contribution is -1.93. The largest absolute Gasteiger partial charge is 0.272 e. The SMILES string of the molecule is Cc1c(-c2ccc3ccnc(Cl)c3n2)cnn1C. The van der Waals surface area contributed by atoms with Crippen LogP contribution in [-0.2, 0) is 7.05 Å². The van der Waals surface area contributed by atoms with E-state index in [2.05, 4.69) is 15.1 Å². The standard InChI is InChI=1S/C13H11ClN4/c1-8-10(7-16-18(8)2)11-4-3-9-5-6-15-13(14)12(9)17-11/h3-7H,1-2H3. The van der Waals surface area contributed by atoms with Gasteiger partial charge in [-0.15, -0.1) is 0 Å². The number of halogens is 1. The van der Waals surface area contributed by atoms with E-state index in [1.165, 1.54) is 0 Å². The number of pyridine rings is 2. The predicted octanol–water partition coefficient (Wildman–Crippen LogP) is 2.99. The van der Waals surface area contributed by atoms with Crippen LogP contribution in [0, 0.1) is 6.92 Å². The first-order valence-electron chi connectivity index (χ1n) is 5.57. The van der Waals surface area contributed by atoms with Crippen molar-refractivity contribution >= 4 is 22.5 Å². The molecule has 0 atom stereocenters. The third-order valence-corrected chi connectivity index (χ3v) is 3.35. The Hall–Kier alpha value is -1.94. The zero-order valence-corrected chi connectivity index (χ0v) is 10.8. The van der Waals surface area contributed by atoms with Gasteiger partial charge < -0.3 is 0 Å². The van der Waals surface area contributed by atoms with E-state index in [0.717, 1.165) is 27.9 Å². The molecule has 0 fully saturated rings. The number of hydrogen-bond acceptors (Lipinski definition) is 3. The second-order valence-electron chi connectivity index (χ2n) is 4.14. The van der Waals surface area contributed by atoms with Crippen LogP contribution in [0.3, 0.4) is 0 Å². The van der Waals surface area contributed by atoms with Gasteiger partial charge in [-0.2, -0.15) is 5.10 Å². The maximum Gasteiger partial charge on any atom is 0.155 e. The summed E-state index contributed by atoms with van der Waals surface area (Å²) in [6.07, 6.45) is 3.50. The zero-order valence-electron chi connectivity index (χ0n) is 10.1. The molecule has 3 heterocycles. The van der Waals surface area contributed by atoms with Crippen molar-refractivity contribution in [2.45, 2.75) is 6.92 Å². The second kappa shape index (κ2) is 4.07. The number of aromatic nitrogens is 4. The normalized spacial score (nSPS) is 11.1. The Morgan fingerprint density at radius 3 is 2.78 bits per heavy atom. The molecular formula is C13H11ClN4. The van der Waals surface area contributed by atoms with Crippen molar-refractivity contribution in [2.24, 2.45) is 7.05 Å². The van der Waals surface area contributed by atoms with Gasteiger partial charge in [0.05, 0.1) is 11.9 Å². The lowest BCUT2D eigenvalue weighted by molar-refractivity contribution is 0.740. The Bertz CT molecular complexity index is 733. The van der Waals surface area contributed by atoms with Gasteiger partial charge in [0.2, 0.25) is 0 Å². The molecule has 0 saturated heterocycles. The van der Waals surface area contributed by atoms with E-state index in [-0.39, 0.29) is 0 Å². The van der Waals surface area contributed by atoms with Crippen molar-refractivity contribution < 1.29 is 0 Å². The van der Waals surface area contributed by atoms with Crippen LogP contribution >= 0.6 is 11.6 Å². The predicted molar refractivity (Wildman–Crippen MR) is 71.5 cm³/mol. The molecule has 3 aromatic rings. The lowest BCUT2D eigenvalue weighted by atomic mass is 10.1. The van der Waals surface area contributed by atoms with Crippen LogP contribution in [0.5, 0.6) is 0 Å². The van der Waals surface area contributed by atoms with Gasteiger partial charge >= 0.3 is 0 Å². The third kappa shape index (κ3) is 1.66. The van der Waals surface area contributed by atoms with Crippen LogP contribution in [-0.4, -0.2) is 19.7 Å². The highest BCUT2D eigenvalue weighted by Crippen LogP contribution is 2.25. The number of hydrogen-bond donors (Lipinski definition) is 0. The van der Waals surface area contributed by atoms with Crippen molar-refractivity contribution in [3.63, 3.8) is 0 Å². The average Bonchev–Trinajstić information content (AvgIpc) is 2.70. The minimum Gasteiger partial charge on any atom is -0.272 e. The van der Waals surface area contributed by atoms with Gasteiger partial charge in [-0.1, -0.05) is 17.7 Å². The van der Waals surface area contributed by atoms with Crippen LogP contribution in [0.15, 0.2) is 30.6 Å². The number of nitrogens with zero attached hydrogens (tertiary/aromatic N) is 4. The molecular weight excluding hydrogens is 248 g/mol. The van der Waals surface area contributed by atoms with Gasteiger partial charge in [0.15, 0.2) is 5.15 Å². The van der Waals surface area contributed by atoms with Gasteiger partial charge in [0, 0.05) is 29.9 Å². The molecule has 0 amide bonds. The fourth-order valence-corrected chi connectivity index (χ4v) is 2.12. The van der Waals surface area contributed by atoms with Crippen molar-refractivity contribution in [2.75, 3.05) is 0 Å². The summed E-state index contributed by atoms with van der Waals surface area (Å²) in [6.45, 7) is 2.01. The van der Waals surface area contributed by atoms with Crippen molar-refractivity contribution in [1.82, 2.24) is 19.7 Å². The number of aryl methyl sites for hydroxylation is 1. The maximum absolute atomic E-state index is 6.07. The molecule has 0 aromatic carbocycles. The molecule has 0 radical (unpaired) electrons. The summed E-state index contributed by atoms with van der Waals surface area (Å²) < 4.78 is 1.83. The highest BCUT2D eigenvalue weighted by molar-refractivity contribution is 6.33. The monoisotopic (exact) mass is 258 g/mol. The molecule has 5 heteroatoms. The number of fused-ring (bicyclic) bond motifs is 1. The molecule has 90 valence electrons. The minimum absolute atomic E-state index is 0.427. The Morgan fingerprint density at radius 2 is 2.06 bits per heavy atom. The van der Waals surface area contributed by atoms with Gasteiger partial charge in [-0.05, 0) is 19.1 Å². The van der Waals surface area contributed by atoms with Gasteiger partial charge in [-0.3, -0.25) is 4.68 Å². The lowest BCUT2D eigenvalue weighted by Gasteiger charge is -2.03. The van der Waals surface area contributed by atoms with Crippen LogP contribution in [0.25, 0.3) is 22.2 Å².